The first-order valence-electron chi connectivity index (χ1n) is 10.9. The van der Waals surface area contributed by atoms with Gasteiger partial charge in [-0.15, -0.1) is 11.3 Å². The van der Waals surface area contributed by atoms with Crippen molar-refractivity contribution >= 4 is 40.8 Å². The quantitative estimate of drug-likeness (QED) is 0.499. The van der Waals surface area contributed by atoms with Crippen LogP contribution in [0, 0.1) is 5.92 Å². The topological polar surface area (TPSA) is 126 Å². The average Bonchev–Trinajstić information content (AvgIpc) is 3.50. The molecule has 3 aromatic heterocycles. The van der Waals surface area contributed by atoms with E-state index in [2.05, 4.69) is 15.4 Å². The number of pyridine rings is 1. The van der Waals surface area contributed by atoms with Crippen molar-refractivity contribution in [1.82, 2.24) is 25.0 Å². The Morgan fingerprint density at radius 3 is 2.74 bits per heavy atom. The number of nitrogen functional groups attached to an aromatic ring is 1. The summed E-state index contributed by atoms with van der Waals surface area (Å²) in [4.78, 5) is 47.3. The minimum Gasteiger partial charge on any atom is -0.384 e. The molecule has 0 unspecified atom stereocenters. The molecule has 1 saturated heterocycles. The number of hydrogen-bond donors (Lipinski definition) is 2. The van der Waals surface area contributed by atoms with Crippen LogP contribution in [0.3, 0.4) is 0 Å². The van der Waals surface area contributed by atoms with Gasteiger partial charge in [-0.1, -0.05) is 13.0 Å². The molecule has 4 heterocycles. The number of amides is 4. The number of nitrogens with zero attached hydrogens (tertiary/aromatic N) is 5. The number of nitrogens with one attached hydrogen (secondary N) is 1. The number of thiophene rings is 1. The lowest BCUT2D eigenvalue weighted by Gasteiger charge is -2.45. The fraction of sp³-hybridized carbons (Fsp3) is 0.348. The average molecular weight is 482 g/mol. The second kappa shape index (κ2) is 9.64. The number of hydrogen-bond acceptors (Lipinski definition) is 7. The molecule has 0 aliphatic carbocycles. The maximum atomic E-state index is 13.5. The highest BCUT2D eigenvalue weighted by Crippen LogP contribution is 2.33. The Labute approximate surface area is 201 Å². The van der Waals surface area contributed by atoms with E-state index in [4.69, 9.17) is 5.73 Å². The van der Waals surface area contributed by atoms with Gasteiger partial charge in [0.15, 0.2) is 5.82 Å². The standard InChI is InChI=1S/C23H27N7O3S/c1-4-16(17-6-5-11-34-17)26-23(33)30-20(22(32)29(3)19-8-10-28(2)27-19)15(21(30)31)12-14-7-9-25-18(24)13-14/h5-11,13,15-16,20H,4,12H2,1-3H3,(H2,24,25)(H,26,33)/t15-,16-,20+/m1/s1. The molecule has 0 saturated carbocycles. The third-order valence-corrected chi connectivity index (χ3v) is 6.94. The van der Waals surface area contributed by atoms with Gasteiger partial charge in [0.1, 0.15) is 11.9 Å². The summed E-state index contributed by atoms with van der Waals surface area (Å²) < 4.78 is 1.58. The first-order valence-corrected chi connectivity index (χ1v) is 11.8. The van der Waals surface area contributed by atoms with Gasteiger partial charge in [-0.3, -0.25) is 24.1 Å². The largest absolute Gasteiger partial charge is 0.384 e. The van der Waals surface area contributed by atoms with Gasteiger partial charge in [0.25, 0.3) is 5.91 Å². The van der Waals surface area contributed by atoms with Gasteiger partial charge < -0.3 is 11.1 Å². The highest BCUT2D eigenvalue weighted by molar-refractivity contribution is 7.10. The van der Waals surface area contributed by atoms with Crippen LogP contribution in [0.4, 0.5) is 16.4 Å². The summed E-state index contributed by atoms with van der Waals surface area (Å²) in [7, 11) is 3.34. The monoisotopic (exact) mass is 481 g/mol. The summed E-state index contributed by atoms with van der Waals surface area (Å²) >= 11 is 1.53. The highest BCUT2D eigenvalue weighted by Gasteiger charge is 2.55. The molecule has 11 heteroatoms. The molecule has 34 heavy (non-hydrogen) atoms. The second-order valence-corrected chi connectivity index (χ2v) is 9.20. The molecular weight excluding hydrogens is 454 g/mol. The van der Waals surface area contributed by atoms with Crippen LogP contribution in [-0.2, 0) is 23.1 Å². The zero-order valence-electron chi connectivity index (χ0n) is 19.2. The molecule has 0 radical (unpaired) electrons. The van der Waals surface area contributed by atoms with Crippen molar-refractivity contribution < 1.29 is 14.4 Å². The minimum absolute atomic E-state index is 0.247. The smallest absolute Gasteiger partial charge is 0.325 e. The van der Waals surface area contributed by atoms with Crippen molar-refractivity contribution in [3.05, 3.63) is 58.5 Å². The van der Waals surface area contributed by atoms with Gasteiger partial charge >= 0.3 is 6.03 Å². The maximum Gasteiger partial charge on any atom is 0.325 e. The number of urea groups is 1. The number of imide groups is 1. The lowest BCUT2D eigenvalue weighted by Crippen LogP contribution is -2.70. The van der Waals surface area contributed by atoms with Gasteiger partial charge in [-0.2, -0.15) is 5.10 Å². The molecule has 1 aliphatic heterocycles. The lowest BCUT2D eigenvalue weighted by atomic mass is 9.81. The van der Waals surface area contributed by atoms with Gasteiger partial charge in [-0.05, 0) is 42.0 Å². The number of likely N-dealkylation sites (tertiary alicyclic amines) is 1. The molecule has 10 nitrogen and oxygen atoms in total. The summed E-state index contributed by atoms with van der Waals surface area (Å²) in [6.45, 7) is 1.96. The Hall–Kier alpha value is -3.73. The van der Waals surface area contributed by atoms with E-state index in [9.17, 15) is 14.4 Å². The summed E-state index contributed by atoms with van der Waals surface area (Å²) in [5, 5.41) is 9.12. The highest BCUT2D eigenvalue weighted by atomic mass is 32.1. The number of aromatic nitrogens is 3. The molecule has 3 atom stereocenters. The van der Waals surface area contributed by atoms with Crippen molar-refractivity contribution in [2.24, 2.45) is 13.0 Å². The lowest BCUT2D eigenvalue weighted by molar-refractivity contribution is -0.156. The summed E-state index contributed by atoms with van der Waals surface area (Å²) in [5.74, 6) is -0.724. The Morgan fingerprint density at radius 1 is 1.32 bits per heavy atom. The van der Waals surface area contributed by atoms with Crippen molar-refractivity contribution in [3.8, 4) is 0 Å². The van der Waals surface area contributed by atoms with E-state index in [0.29, 0.717) is 18.1 Å². The van der Waals surface area contributed by atoms with Crippen molar-refractivity contribution in [2.45, 2.75) is 31.8 Å². The Balaban J connectivity index is 1.59. The van der Waals surface area contributed by atoms with Crippen LogP contribution in [0.25, 0.3) is 0 Å². The molecule has 4 amide bonds. The van der Waals surface area contributed by atoms with Gasteiger partial charge in [0, 0.05) is 37.4 Å². The summed E-state index contributed by atoms with van der Waals surface area (Å²) in [6, 6.07) is 7.18. The molecule has 3 N–H and O–H groups in total. The Bertz CT molecular complexity index is 1190. The zero-order valence-corrected chi connectivity index (χ0v) is 20.0. The molecule has 4 rings (SSSR count). The van der Waals surface area contributed by atoms with E-state index in [1.807, 2.05) is 24.4 Å². The maximum absolute atomic E-state index is 13.5. The van der Waals surface area contributed by atoms with Crippen LogP contribution in [0.5, 0.6) is 0 Å². The van der Waals surface area contributed by atoms with Crippen LogP contribution in [-0.4, -0.2) is 50.6 Å². The molecule has 0 spiro atoms. The number of aryl methyl sites for hydroxylation is 1. The number of likely N-dealkylation sites (N-methyl/N-ethyl adjacent to an activating group) is 1. The zero-order chi connectivity index (χ0) is 24.4. The Kier molecular flexibility index (Phi) is 6.64. The van der Waals surface area contributed by atoms with Crippen LogP contribution < -0.4 is 16.0 Å². The van der Waals surface area contributed by atoms with Crippen molar-refractivity contribution in [1.29, 1.82) is 0 Å². The van der Waals surface area contributed by atoms with Gasteiger partial charge in [0.2, 0.25) is 5.91 Å². The molecule has 0 bridgehead atoms. The van der Waals surface area contributed by atoms with E-state index in [-0.39, 0.29) is 18.4 Å². The van der Waals surface area contributed by atoms with E-state index >= 15 is 0 Å². The normalized spacial score (nSPS) is 18.3. The van der Waals surface area contributed by atoms with Crippen LogP contribution in [0.1, 0.15) is 29.8 Å². The van der Waals surface area contributed by atoms with E-state index in [0.717, 1.165) is 15.3 Å². The fourth-order valence-electron chi connectivity index (χ4n) is 4.11. The molecule has 1 fully saturated rings. The summed E-state index contributed by atoms with van der Waals surface area (Å²) in [5.41, 5.74) is 6.56. The van der Waals surface area contributed by atoms with Crippen LogP contribution in [0.2, 0.25) is 0 Å². The SMILES string of the molecule is CC[C@@H](NC(=O)N1C(=O)[C@H](Cc2ccnc(N)c2)[C@H]1C(=O)N(C)c1ccn(C)n1)c1cccs1. The fourth-order valence-corrected chi connectivity index (χ4v) is 4.97. The molecule has 0 aromatic carbocycles. The molecular formula is C23H27N7O3S. The summed E-state index contributed by atoms with van der Waals surface area (Å²) in [6.07, 6.45) is 4.20. The number of rotatable bonds is 7. The second-order valence-electron chi connectivity index (χ2n) is 8.22. The first-order chi connectivity index (χ1) is 16.3. The van der Waals surface area contributed by atoms with E-state index < -0.39 is 23.9 Å². The van der Waals surface area contributed by atoms with Gasteiger partial charge in [-0.25, -0.2) is 9.78 Å². The first kappa shape index (κ1) is 23.4. The molecule has 3 aromatic rings. The predicted molar refractivity (Wildman–Crippen MR) is 129 cm³/mol. The number of anilines is 2. The number of β-lactam (4-membered cyclic amide) rings is 1. The van der Waals surface area contributed by atoms with Gasteiger partial charge in [0.05, 0.1) is 12.0 Å². The third-order valence-electron chi connectivity index (χ3n) is 5.95. The third kappa shape index (κ3) is 4.51. The van der Waals surface area contributed by atoms with E-state index in [1.54, 1.807) is 49.4 Å². The Morgan fingerprint density at radius 2 is 2.12 bits per heavy atom. The van der Waals surface area contributed by atoms with Crippen LogP contribution >= 0.6 is 11.3 Å². The minimum atomic E-state index is -0.963. The number of carbonyl (C=O) groups excluding carboxylic acids is 3. The van der Waals surface area contributed by atoms with Crippen molar-refractivity contribution in [3.63, 3.8) is 0 Å². The molecule has 178 valence electrons. The number of nitrogens with two attached hydrogens (primary N) is 1. The predicted octanol–water partition coefficient (Wildman–Crippen LogP) is 2.35. The van der Waals surface area contributed by atoms with Crippen molar-refractivity contribution in [2.75, 3.05) is 17.7 Å². The van der Waals surface area contributed by atoms with E-state index in [1.165, 1.54) is 16.2 Å². The molecule has 1 aliphatic rings. The number of carbonyl (C=O) groups is 3. The van der Waals surface area contributed by atoms with Crippen LogP contribution in [0.15, 0.2) is 48.1 Å².